The molecule has 4 N–H and O–H groups in total. The summed E-state index contributed by atoms with van der Waals surface area (Å²) in [6, 6.07) is -0.942. The Kier molecular flexibility index (Phi) is 6.22. The highest BCUT2D eigenvalue weighted by Crippen LogP contribution is 2.36. The maximum atomic E-state index is 13.8. The molecule has 2 amide bonds. The summed E-state index contributed by atoms with van der Waals surface area (Å²) in [5.74, 6) is -6.69. The molecule has 0 unspecified atom stereocenters. The summed E-state index contributed by atoms with van der Waals surface area (Å²) in [5.41, 5.74) is 10.1. The monoisotopic (exact) mass is 463 g/mol. The summed E-state index contributed by atoms with van der Waals surface area (Å²) < 4.78 is 80.9. The van der Waals surface area contributed by atoms with E-state index in [9.17, 15) is 35.9 Å². The van der Waals surface area contributed by atoms with Crippen LogP contribution in [0.15, 0.2) is 12.1 Å². The van der Waals surface area contributed by atoms with Crippen molar-refractivity contribution in [2.45, 2.75) is 44.6 Å². The topological polar surface area (TPSA) is 107 Å². The van der Waals surface area contributed by atoms with Crippen LogP contribution >= 0.6 is 0 Å². The van der Waals surface area contributed by atoms with Crippen molar-refractivity contribution in [3.8, 4) is 0 Å². The van der Waals surface area contributed by atoms with E-state index in [2.05, 4.69) is 4.98 Å². The van der Waals surface area contributed by atoms with Gasteiger partial charge in [0.05, 0.1) is 11.7 Å². The maximum absolute atomic E-state index is 13.8. The molecule has 0 fully saturated rings. The van der Waals surface area contributed by atoms with E-state index < -0.39 is 59.0 Å². The van der Waals surface area contributed by atoms with E-state index in [1.165, 1.54) is 11.8 Å². The van der Waals surface area contributed by atoms with Crippen molar-refractivity contribution in [2.75, 3.05) is 6.54 Å². The smallest absolute Gasteiger partial charge is 0.364 e. The Morgan fingerprint density at radius 1 is 1.16 bits per heavy atom. The third kappa shape index (κ3) is 4.42. The van der Waals surface area contributed by atoms with E-state index in [1.54, 1.807) is 0 Å². The summed E-state index contributed by atoms with van der Waals surface area (Å²) in [6.07, 6.45) is -5.46. The SMILES string of the molecule is C[C@@H]1c2c(C(N)=O)nc(C(F)(F)F)n2CCN1C(=O)C[C@H](N)Cc1cc(F)c(F)cc1F. The van der Waals surface area contributed by atoms with E-state index in [1.807, 2.05) is 0 Å². The number of carbonyl (C=O) groups excluding carboxylic acids is 2. The molecule has 0 saturated carbocycles. The second kappa shape index (κ2) is 8.45. The van der Waals surface area contributed by atoms with Crippen molar-refractivity contribution in [3.05, 3.63) is 52.4 Å². The molecule has 0 aliphatic carbocycles. The second-order valence-electron chi connectivity index (χ2n) is 7.47. The summed E-state index contributed by atoms with van der Waals surface area (Å²) in [5, 5.41) is 0. The van der Waals surface area contributed by atoms with Crippen LogP contribution in [-0.2, 0) is 23.9 Å². The highest BCUT2D eigenvalue weighted by molar-refractivity contribution is 5.92. The molecule has 3 rings (SSSR count). The molecule has 0 saturated heterocycles. The zero-order valence-electron chi connectivity index (χ0n) is 16.7. The fraction of sp³-hybridized carbons (Fsp3) is 0.421. The van der Waals surface area contributed by atoms with Gasteiger partial charge >= 0.3 is 6.18 Å². The molecule has 7 nitrogen and oxygen atoms in total. The molecule has 13 heteroatoms. The third-order valence-electron chi connectivity index (χ3n) is 5.25. The van der Waals surface area contributed by atoms with E-state index >= 15 is 0 Å². The van der Waals surface area contributed by atoms with Gasteiger partial charge in [-0.15, -0.1) is 0 Å². The molecule has 1 aromatic carbocycles. The van der Waals surface area contributed by atoms with Crippen molar-refractivity contribution >= 4 is 11.8 Å². The molecule has 1 aliphatic heterocycles. The second-order valence-corrected chi connectivity index (χ2v) is 7.47. The predicted octanol–water partition coefficient (Wildman–Crippen LogP) is 2.28. The first-order chi connectivity index (χ1) is 14.8. The average Bonchev–Trinajstić information content (AvgIpc) is 3.07. The number of nitrogens with zero attached hydrogens (tertiary/aromatic N) is 3. The van der Waals surface area contributed by atoms with Crippen LogP contribution in [0, 0.1) is 17.5 Å². The number of rotatable bonds is 5. The first-order valence-electron chi connectivity index (χ1n) is 9.47. The molecule has 2 aromatic rings. The number of alkyl halides is 3. The van der Waals surface area contributed by atoms with E-state index in [4.69, 9.17) is 11.5 Å². The van der Waals surface area contributed by atoms with Crippen molar-refractivity contribution in [2.24, 2.45) is 11.5 Å². The van der Waals surface area contributed by atoms with Crippen LogP contribution in [0.2, 0.25) is 0 Å². The van der Waals surface area contributed by atoms with Crippen LogP contribution in [-0.4, -0.2) is 38.9 Å². The number of hydrogen-bond donors (Lipinski definition) is 2. The minimum Gasteiger partial charge on any atom is -0.364 e. The Bertz CT molecular complexity index is 1070. The number of imidazole rings is 1. The maximum Gasteiger partial charge on any atom is 0.449 e. The summed E-state index contributed by atoms with van der Waals surface area (Å²) in [6.45, 7) is 1.00. The van der Waals surface area contributed by atoms with Crippen molar-refractivity contribution in [3.63, 3.8) is 0 Å². The Morgan fingerprint density at radius 2 is 1.78 bits per heavy atom. The molecule has 2 atom stereocenters. The van der Waals surface area contributed by atoms with Crippen LogP contribution in [0.1, 0.15) is 47.0 Å². The molecule has 0 bridgehead atoms. The lowest BCUT2D eigenvalue weighted by Gasteiger charge is -2.36. The van der Waals surface area contributed by atoms with Gasteiger partial charge in [-0.1, -0.05) is 0 Å². The van der Waals surface area contributed by atoms with Gasteiger partial charge in [0.25, 0.3) is 5.91 Å². The number of nitrogens with two attached hydrogens (primary N) is 2. The highest BCUT2D eigenvalue weighted by atomic mass is 19.4. The minimum absolute atomic E-state index is 0.128. The highest BCUT2D eigenvalue weighted by Gasteiger charge is 2.43. The molecule has 0 radical (unpaired) electrons. The Hall–Kier alpha value is -3.09. The third-order valence-corrected chi connectivity index (χ3v) is 5.25. The lowest BCUT2D eigenvalue weighted by Crippen LogP contribution is -2.44. The molecule has 2 heterocycles. The normalized spacial score (nSPS) is 17.2. The van der Waals surface area contributed by atoms with Crippen LogP contribution in [0.5, 0.6) is 0 Å². The van der Waals surface area contributed by atoms with E-state index in [0.29, 0.717) is 12.1 Å². The fourth-order valence-electron chi connectivity index (χ4n) is 3.82. The van der Waals surface area contributed by atoms with Crippen LogP contribution in [0.25, 0.3) is 0 Å². The molecule has 32 heavy (non-hydrogen) atoms. The lowest BCUT2D eigenvalue weighted by molar-refractivity contribution is -0.148. The minimum atomic E-state index is -4.83. The zero-order chi connectivity index (χ0) is 24.0. The number of primary amides is 1. The number of benzene rings is 1. The van der Waals surface area contributed by atoms with Gasteiger partial charge in [0.2, 0.25) is 11.7 Å². The summed E-state index contributed by atoms with van der Waals surface area (Å²) in [4.78, 5) is 29.0. The summed E-state index contributed by atoms with van der Waals surface area (Å²) >= 11 is 0. The van der Waals surface area contributed by atoms with Gasteiger partial charge in [-0.3, -0.25) is 9.59 Å². The van der Waals surface area contributed by atoms with Gasteiger partial charge in [0.15, 0.2) is 17.3 Å². The van der Waals surface area contributed by atoms with Crippen LogP contribution < -0.4 is 11.5 Å². The van der Waals surface area contributed by atoms with Crippen LogP contribution in [0.3, 0.4) is 0 Å². The first-order valence-corrected chi connectivity index (χ1v) is 9.47. The van der Waals surface area contributed by atoms with Gasteiger partial charge in [-0.2, -0.15) is 13.2 Å². The van der Waals surface area contributed by atoms with Gasteiger partial charge in [0, 0.05) is 31.6 Å². The molecular weight excluding hydrogens is 444 g/mol. The number of aromatic nitrogens is 2. The largest absolute Gasteiger partial charge is 0.449 e. The Labute approximate surface area is 178 Å². The zero-order valence-corrected chi connectivity index (χ0v) is 16.7. The fourth-order valence-corrected chi connectivity index (χ4v) is 3.82. The number of halogens is 6. The number of carbonyl (C=O) groups is 2. The van der Waals surface area contributed by atoms with Crippen molar-refractivity contribution in [1.82, 2.24) is 14.5 Å². The van der Waals surface area contributed by atoms with Gasteiger partial charge in [0.1, 0.15) is 5.82 Å². The molecule has 0 spiro atoms. The molecule has 1 aliphatic rings. The standard InChI is InChI=1S/C19H19F6N5O2/c1-8-16-15(17(27)32)28-18(19(23,24)25)30(16)3-2-29(8)14(31)6-10(26)4-9-5-12(21)13(22)7-11(9)20/h5,7-8,10H,2-4,6,26H2,1H3,(H2,27,32)/t8-,10-/m1/s1. The number of amides is 2. The lowest BCUT2D eigenvalue weighted by atomic mass is 10.0. The van der Waals surface area contributed by atoms with Crippen LogP contribution in [0.4, 0.5) is 26.3 Å². The Morgan fingerprint density at radius 3 is 2.38 bits per heavy atom. The van der Waals surface area contributed by atoms with Gasteiger partial charge in [-0.25, -0.2) is 18.2 Å². The van der Waals surface area contributed by atoms with Gasteiger partial charge in [-0.05, 0) is 25.0 Å². The van der Waals surface area contributed by atoms with Gasteiger partial charge < -0.3 is 20.9 Å². The first kappa shape index (κ1) is 23.6. The van der Waals surface area contributed by atoms with E-state index in [-0.39, 0.29) is 37.2 Å². The number of hydrogen-bond acceptors (Lipinski definition) is 4. The molecule has 1 aromatic heterocycles. The number of fused-ring (bicyclic) bond motifs is 1. The van der Waals surface area contributed by atoms with Crippen molar-refractivity contribution in [1.29, 1.82) is 0 Å². The van der Waals surface area contributed by atoms with Crippen molar-refractivity contribution < 1.29 is 35.9 Å². The quantitative estimate of drug-likeness (QED) is 0.524. The van der Waals surface area contributed by atoms with E-state index in [0.717, 1.165) is 4.57 Å². The Balaban J connectivity index is 1.79. The molecule has 174 valence electrons. The summed E-state index contributed by atoms with van der Waals surface area (Å²) in [7, 11) is 0. The predicted molar refractivity (Wildman–Crippen MR) is 98.5 cm³/mol. The average molecular weight is 463 g/mol. The molecular formula is C19H19F6N5O2.